The van der Waals surface area contributed by atoms with Crippen molar-refractivity contribution in [3.63, 3.8) is 0 Å². The van der Waals surface area contributed by atoms with Crippen LogP contribution in [0, 0.1) is 0 Å². The van der Waals surface area contributed by atoms with E-state index in [2.05, 4.69) is 34.6 Å². The number of halogens is 1. The lowest BCUT2D eigenvalue weighted by Gasteiger charge is -2.14. The molecular weight excluding hydrogens is 420 g/mol. The van der Waals surface area contributed by atoms with Crippen molar-refractivity contribution < 1.29 is 9.53 Å². The van der Waals surface area contributed by atoms with Gasteiger partial charge in [-0.25, -0.2) is 4.79 Å². The highest BCUT2D eigenvalue weighted by Gasteiger charge is 2.28. The molecule has 160 valence electrons. The molecule has 1 aliphatic carbocycles. The van der Waals surface area contributed by atoms with Crippen LogP contribution in [0.5, 0.6) is 0 Å². The fourth-order valence-electron chi connectivity index (χ4n) is 4.34. The van der Waals surface area contributed by atoms with Crippen molar-refractivity contribution in [3.05, 3.63) is 101 Å². The Balaban J connectivity index is 1.13. The van der Waals surface area contributed by atoms with Crippen LogP contribution in [0.1, 0.15) is 29.0 Å². The minimum absolute atomic E-state index is 0.0681. The van der Waals surface area contributed by atoms with Crippen LogP contribution >= 0.6 is 11.6 Å². The second-order valence-corrected chi connectivity index (χ2v) is 8.29. The van der Waals surface area contributed by atoms with E-state index in [0.29, 0.717) is 24.6 Å². The van der Waals surface area contributed by atoms with Crippen LogP contribution in [-0.4, -0.2) is 24.2 Å². The first-order valence-corrected chi connectivity index (χ1v) is 11.1. The van der Waals surface area contributed by atoms with Gasteiger partial charge in [0.15, 0.2) is 0 Å². The van der Waals surface area contributed by atoms with E-state index in [1.165, 1.54) is 22.3 Å². The monoisotopic (exact) mass is 442 g/mol. The number of rotatable bonds is 6. The van der Waals surface area contributed by atoms with Crippen LogP contribution in [0.15, 0.2) is 79.0 Å². The Morgan fingerprint density at radius 2 is 1.75 bits per heavy atom. The van der Waals surface area contributed by atoms with Crippen molar-refractivity contribution in [2.45, 2.75) is 12.3 Å². The van der Waals surface area contributed by atoms with Crippen molar-refractivity contribution in [1.82, 2.24) is 10.3 Å². The van der Waals surface area contributed by atoms with E-state index in [1.54, 1.807) is 0 Å². The number of carbonyl (C=O) groups is 1. The number of fused-ring (bicyclic) bond motifs is 4. The van der Waals surface area contributed by atoms with Crippen LogP contribution in [0.25, 0.3) is 28.1 Å². The molecule has 2 N–H and O–H groups in total. The summed E-state index contributed by atoms with van der Waals surface area (Å²) in [7, 11) is 0. The topological polar surface area (TPSA) is 54.1 Å². The molecule has 4 aromatic rings. The number of benzene rings is 3. The van der Waals surface area contributed by atoms with Crippen LogP contribution in [0.4, 0.5) is 4.79 Å². The summed E-state index contributed by atoms with van der Waals surface area (Å²) >= 11 is 6.34. The predicted octanol–water partition coefficient (Wildman–Crippen LogP) is 6.76. The summed E-state index contributed by atoms with van der Waals surface area (Å²) < 4.78 is 5.56. The Morgan fingerprint density at radius 3 is 2.50 bits per heavy atom. The largest absolute Gasteiger partial charge is 0.449 e. The first kappa shape index (κ1) is 20.4. The highest BCUT2D eigenvalue weighted by Crippen LogP contribution is 2.44. The highest BCUT2D eigenvalue weighted by molar-refractivity contribution is 6.32. The summed E-state index contributed by atoms with van der Waals surface area (Å²) in [5.41, 5.74) is 6.84. The third-order valence-electron chi connectivity index (χ3n) is 5.89. The van der Waals surface area contributed by atoms with E-state index >= 15 is 0 Å². The number of alkyl carbamates (subject to hydrolysis) is 1. The molecule has 0 radical (unpaired) electrons. The van der Waals surface area contributed by atoms with E-state index < -0.39 is 6.09 Å². The Labute approximate surface area is 191 Å². The molecule has 0 spiro atoms. The lowest BCUT2D eigenvalue weighted by Crippen LogP contribution is -2.26. The van der Waals surface area contributed by atoms with Gasteiger partial charge in [0.1, 0.15) is 6.61 Å². The number of aromatic nitrogens is 1. The summed E-state index contributed by atoms with van der Waals surface area (Å²) in [4.78, 5) is 15.4. The van der Waals surface area contributed by atoms with Crippen molar-refractivity contribution in [3.8, 4) is 11.1 Å². The van der Waals surface area contributed by atoms with Crippen LogP contribution in [-0.2, 0) is 4.74 Å². The van der Waals surface area contributed by atoms with E-state index in [-0.39, 0.29) is 5.92 Å². The summed E-state index contributed by atoms with van der Waals surface area (Å²) in [6.07, 6.45) is 6.17. The molecule has 0 saturated carbocycles. The maximum absolute atomic E-state index is 12.2. The molecule has 0 saturated heterocycles. The van der Waals surface area contributed by atoms with E-state index in [4.69, 9.17) is 16.3 Å². The molecule has 1 amide bonds. The van der Waals surface area contributed by atoms with Gasteiger partial charge in [-0.1, -0.05) is 72.3 Å². The number of aromatic amines is 1. The normalized spacial score (nSPS) is 12.8. The van der Waals surface area contributed by atoms with Crippen LogP contribution < -0.4 is 5.32 Å². The van der Waals surface area contributed by atoms with Crippen molar-refractivity contribution >= 4 is 34.7 Å². The number of ether oxygens (including phenoxy) is 1. The number of H-pyrrole nitrogens is 1. The number of carbonyl (C=O) groups excluding carboxylic acids is 1. The summed E-state index contributed by atoms with van der Waals surface area (Å²) in [5.74, 6) is 0.0681. The van der Waals surface area contributed by atoms with Crippen molar-refractivity contribution in [2.24, 2.45) is 0 Å². The molecule has 0 bridgehead atoms. The zero-order valence-electron chi connectivity index (χ0n) is 17.5. The molecule has 5 heteroatoms. The fourth-order valence-corrected chi connectivity index (χ4v) is 4.56. The number of nitrogens with one attached hydrogen (secondary N) is 2. The maximum Gasteiger partial charge on any atom is 0.407 e. The number of amides is 1. The predicted molar refractivity (Wildman–Crippen MR) is 130 cm³/mol. The minimum atomic E-state index is -0.396. The van der Waals surface area contributed by atoms with Crippen molar-refractivity contribution in [1.29, 1.82) is 0 Å². The summed E-state index contributed by atoms with van der Waals surface area (Å²) in [6.45, 7) is 0.819. The average molecular weight is 443 g/mol. The van der Waals surface area contributed by atoms with E-state index in [0.717, 1.165) is 16.5 Å². The van der Waals surface area contributed by atoms with Gasteiger partial charge < -0.3 is 15.0 Å². The average Bonchev–Trinajstić information content (AvgIpc) is 3.39. The standard InChI is InChI=1S/C27H23ClN2O2/c28-25-16-26-19(12-14-29-26)15-18(25)7-5-6-13-30-27(31)32-17-24-22-10-3-1-8-20(22)21-9-2-4-11-23(21)24/h1-5,7-12,14-16,24,29H,6,13,17H2,(H,30,31). The molecular formula is C27H23ClN2O2. The summed E-state index contributed by atoms with van der Waals surface area (Å²) in [5, 5.41) is 4.64. The number of hydrogen-bond acceptors (Lipinski definition) is 2. The Kier molecular flexibility index (Phi) is 5.70. The van der Waals surface area contributed by atoms with E-state index in [1.807, 2.05) is 60.8 Å². The van der Waals surface area contributed by atoms with Gasteiger partial charge >= 0.3 is 6.09 Å². The van der Waals surface area contributed by atoms with Gasteiger partial charge in [0, 0.05) is 34.6 Å². The number of hydrogen-bond donors (Lipinski definition) is 2. The van der Waals surface area contributed by atoms with Gasteiger partial charge in [-0.15, -0.1) is 0 Å². The second-order valence-electron chi connectivity index (χ2n) is 7.88. The first-order valence-electron chi connectivity index (χ1n) is 10.7. The Morgan fingerprint density at radius 1 is 1.03 bits per heavy atom. The molecule has 32 heavy (non-hydrogen) atoms. The molecule has 0 atom stereocenters. The minimum Gasteiger partial charge on any atom is -0.449 e. The Bertz CT molecular complexity index is 1260. The zero-order chi connectivity index (χ0) is 21.9. The zero-order valence-corrected chi connectivity index (χ0v) is 18.2. The van der Waals surface area contributed by atoms with Gasteiger partial charge in [0.25, 0.3) is 0 Å². The molecule has 0 fully saturated rings. The Hall–Kier alpha value is -3.50. The molecule has 0 aliphatic heterocycles. The maximum atomic E-state index is 12.2. The van der Waals surface area contributed by atoms with Crippen LogP contribution in [0.3, 0.4) is 0 Å². The molecule has 1 aliphatic rings. The molecule has 4 nitrogen and oxygen atoms in total. The van der Waals surface area contributed by atoms with Crippen LogP contribution in [0.2, 0.25) is 5.02 Å². The molecule has 1 heterocycles. The molecule has 0 unspecified atom stereocenters. The lowest BCUT2D eigenvalue weighted by atomic mass is 9.98. The van der Waals surface area contributed by atoms with Gasteiger partial charge in [-0.3, -0.25) is 0 Å². The third kappa shape index (κ3) is 4.02. The molecule has 3 aromatic carbocycles. The second kappa shape index (κ2) is 8.93. The highest BCUT2D eigenvalue weighted by atomic mass is 35.5. The third-order valence-corrected chi connectivity index (χ3v) is 6.22. The van der Waals surface area contributed by atoms with Gasteiger partial charge in [-0.2, -0.15) is 0 Å². The van der Waals surface area contributed by atoms with Gasteiger partial charge in [0.05, 0.1) is 0 Å². The van der Waals surface area contributed by atoms with Gasteiger partial charge in [0.2, 0.25) is 0 Å². The SMILES string of the molecule is O=C(NCCC=Cc1cc2cc[nH]c2cc1Cl)OCC1c2ccccc2-c2ccccc21. The smallest absolute Gasteiger partial charge is 0.407 e. The fraction of sp³-hybridized carbons (Fsp3) is 0.148. The molecule has 1 aromatic heterocycles. The quantitative estimate of drug-likeness (QED) is 0.324. The van der Waals surface area contributed by atoms with Crippen molar-refractivity contribution in [2.75, 3.05) is 13.2 Å². The lowest BCUT2D eigenvalue weighted by molar-refractivity contribution is 0.143. The van der Waals surface area contributed by atoms with E-state index in [9.17, 15) is 4.79 Å². The molecule has 5 rings (SSSR count). The summed E-state index contributed by atoms with van der Waals surface area (Å²) in [6, 6.07) is 22.6. The van der Waals surface area contributed by atoms with Gasteiger partial charge in [-0.05, 0) is 52.4 Å². The first-order chi connectivity index (χ1) is 15.7.